The number of rotatable bonds is 3. The fraction of sp³-hybridized carbons (Fsp3) is 0.500. The Balaban J connectivity index is 1.85. The molecule has 0 bridgehead atoms. The van der Waals surface area contributed by atoms with Gasteiger partial charge in [0.25, 0.3) is 5.91 Å². The maximum Gasteiger partial charge on any atom is 0.252 e. The Bertz CT molecular complexity index is 486. The number of aromatic nitrogens is 1. The fourth-order valence-electron chi connectivity index (χ4n) is 2.23. The molecule has 0 aromatic carbocycles. The van der Waals surface area contributed by atoms with Crippen molar-refractivity contribution in [3.05, 3.63) is 29.6 Å². The second-order valence-electron chi connectivity index (χ2n) is 5.03. The first-order valence-corrected chi connectivity index (χ1v) is 6.51. The van der Waals surface area contributed by atoms with Crippen LogP contribution in [0.25, 0.3) is 0 Å². The quantitative estimate of drug-likeness (QED) is 0.879. The van der Waals surface area contributed by atoms with Crippen molar-refractivity contribution in [3.63, 3.8) is 0 Å². The number of carbonyl (C=O) groups excluding carboxylic acids is 1. The lowest BCUT2D eigenvalue weighted by atomic mass is 9.97. The summed E-state index contributed by atoms with van der Waals surface area (Å²) < 4.78 is 0. The summed E-state index contributed by atoms with van der Waals surface area (Å²) in [6, 6.07) is 3.55. The zero-order valence-electron chi connectivity index (χ0n) is 11.1. The number of nitrogens with zero attached hydrogens (tertiary/aromatic N) is 3. The van der Waals surface area contributed by atoms with E-state index in [-0.39, 0.29) is 5.91 Å². The van der Waals surface area contributed by atoms with Crippen LogP contribution in [0, 0.1) is 17.2 Å². The number of nitriles is 1. The van der Waals surface area contributed by atoms with Gasteiger partial charge >= 0.3 is 0 Å². The van der Waals surface area contributed by atoms with Crippen LogP contribution < -0.4 is 5.32 Å². The maximum atomic E-state index is 11.9. The van der Waals surface area contributed by atoms with Crippen molar-refractivity contribution in [2.75, 3.05) is 26.7 Å². The summed E-state index contributed by atoms with van der Waals surface area (Å²) in [5.74, 6) is 0.399. The molecule has 2 heterocycles. The topological polar surface area (TPSA) is 69.0 Å². The van der Waals surface area contributed by atoms with Crippen molar-refractivity contribution in [1.29, 1.82) is 5.26 Å². The van der Waals surface area contributed by atoms with Gasteiger partial charge in [-0.2, -0.15) is 5.26 Å². The Morgan fingerprint density at radius 2 is 2.26 bits per heavy atom. The van der Waals surface area contributed by atoms with Crippen molar-refractivity contribution in [2.45, 2.75) is 12.8 Å². The summed E-state index contributed by atoms with van der Waals surface area (Å²) in [6.07, 6.45) is 5.18. The number of nitrogens with one attached hydrogen (secondary N) is 1. The van der Waals surface area contributed by atoms with Gasteiger partial charge in [0, 0.05) is 18.9 Å². The molecule has 0 radical (unpaired) electrons. The molecule has 5 nitrogen and oxygen atoms in total. The molecule has 1 N–H and O–H groups in total. The van der Waals surface area contributed by atoms with E-state index in [1.165, 1.54) is 12.4 Å². The van der Waals surface area contributed by atoms with Gasteiger partial charge in [0.2, 0.25) is 0 Å². The normalized spacial score (nSPS) is 16.8. The van der Waals surface area contributed by atoms with Crippen LogP contribution in [0.4, 0.5) is 0 Å². The number of amides is 1. The van der Waals surface area contributed by atoms with E-state index in [4.69, 9.17) is 5.26 Å². The summed E-state index contributed by atoms with van der Waals surface area (Å²) in [5, 5.41) is 11.7. The predicted molar refractivity (Wildman–Crippen MR) is 71.5 cm³/mol. The lowest BCUT2D eigenvalue weighted by Gasteiger charge is -2.28. The second-order valence-corrected chi connectivity index (χ2v) is 5.03. The second kappa shape index (κ2) is 6.30. The van der Waals surface area contributed by atoms with E-state index in [1.54, 1.807) is 6.07 Å². The van der Waals surface area contributed by atoms with Crippen LogP contribution in [-0.4, -0.2) is 42.5 Å². The smallest absolute Gasteiger partial charge is 0.252 e. The summed E-state index contributed by atoms with van der Waals surface area (Å²) >= 11 is 0. The Morgan fingerprint density at radius 3 is 2.95 bits per heavy atom. The third kappa shape index (κ3) is 3.76. The lowest BCUT2D eigenvalue weighted by molar-refractivity contribution is 0.0938. The summed E-state index contributed by atoms with van der Waals surface area (Å²) in [4.78, 5) is 18.1. The fourth-order valence-corrected chi connectivity index (χ4v) is 2.23. The third-order valence-corrected chi connectivity index (χ3v) is 3.52. The van der Waals surface area contributed by atoms with E-state index in [1.807, 2.05) is 6.07 Å². The van der Waals surface area contributed by atoms with Crippen molar-refractivity contribution >= 4 is 5.91 Å². The van der Waals surface area contributed by atoms with Crippen LogP contribution in [0.5, 0.6) is 0 Å². The van der Waals surface area contributed by atoms with Gasteiger partial charge in [0.15, 0.2) is 0 Å². The Labute approximate surface area is 113 Å². The molecule has 0 unspecified atom stereocenters. The van der Waals surface area contributed by atoms with E-state index >= 15 is 0 Å². The molecule has 0 saturated carbocycles. The average Bonchev–Trinajstić information content (AvgIpc) is 2.46. The largest absolute Gasteiger partial charge is 0.352 e. The van der Waals surface area contributed by atoms with Gasteiger partial charge in [-0.25, -0.2) is 0 Å². The molecule has 1 saturated heterocycles. The van der Waals surface area contributed by atoms with Crippen LogP contribution in [-0.2, 0) is 0 Å². The summed E-state index contributed by atoms with van der Waals surface area (Å²) in [6.45, 7) is 2.88. The van der Waals surface area contributed by atoms with Gasteiger partial charge in [0.05, 0.1) is 11.1 Å². The minimum absolute atomic E-state index is 0.150. The van der Waals surface area contributed by atoms with E-state index in [0.29, 0.717) is 23.6 Å². The molecule has 1 amide bonds. The van der Waals surface area contributed by atoms with Crippen molar-refractivity contribution in [3.8, 4) is 6.07 Å². The maximum absolute atomic E-state index is 11.9. The number of piperidine rings is 1. The molecule has 1 aromatic rings. The molecule has 100 valence electrons. The highest BCUT2D eigenvalue weighted by Crippen LogP contribution is 2.14. The molecule has 0 spiro atoms. The highest BCUT2D eigenvalue weighted by atomic mass is 16.1. The van der Waals surface area contributed by atoms with Crippen LogP contribution in [0.3, 0.4) is 0 Å². The van der Waals surface area contributed by atoms with E-state index in [2.05, 4.69) is 22.2 Å². The van der Waals surface area contributed by atoms with Gasteiger partial charge in [0.1, 0.15) is 6.07 Å². The van der Waals surface area contributed by atoms with E-state index in [9.17, 15) is 4.79 Å². The van der Waals surface area contributed by atoms with E-state index < -0.39 is 0 Å². The van der Waals surface area contributed by atoms with Gasteiger partial charge in [-0.1, -0.05) is 0 Å². The van der Waals surface area contributed by atoms with Crippen LogP contribution in [0.15, 0.2) is 18.5 Å². The van der Waals surface area contributed by atoms with Gasteiger partial charge in [-0.05, 0) is 45.0 Å². The molecule has 1 aromatic heterocycles. The molecule has 5 heteroatoms. The third-order valence-electron chi connectivity index (χ3n) is 3.52. The van der Waals surface area contributed by atoms with Crippen molar-refractivity contribution in [2.24, 2.45) is 5.92 Å². The zero-order chi connectivity index (χ0) is 13.7. The van der Waals surface area contributed by atoms with Gasteiger partial charge < -0.3 is 10.2 Å². The Morgan fingerprint density at radius 1 is 1.53 bits per heavy atom. The van der Waals surface area contributed by atoms with Gasteiger partial charge in [-0.15, -0.1) is 0 Å². The van der Waals surface area contributed by atoms with Crippen molar-refractivity contribution in [1.82, 2.24) is 15.2 Å². The number of likely N-dealkylation sites (tertiary alicyclic amines) is 1. The number of hydrogen-bond donors (Lipinski definition) is 1. The van der Waals surface area contributed by atoms with Crippen molar-refractivity contribution < 1.29 is 4.79 Å². The molecule has 1 aliphatic rings. The SMILES string of the molecule is CN1CCC(CNC(=O)c2cncc(C#N)c2)CC1. The van der Waals surface area contributed by atoms with Crippen LogP contribution in [0.1, 0.15) is 28.8 Å². The van der Waals surface area contributed by atoms with Crippen LogP contribution >= 0.6 is 0 Å². The minimum atomic E-state index is -0.150. The molecule has 1 fully saturated rings. The Hall–Kier alpha value is -1.93. The predicted octanol–water partition coefficient (Wildman–Crippen LogP) is 1.02. The van der Waals surface area contributed by atoms with E-state index in [0.717, 1.165) is 25.9 Å². The molecule has 0 aliphatic carbocycles. The monoisotopic (exact) mass is 258 g/mol. The molecule has 2 rings (SSSR count). The minimum Gasteiger partial charge on any atom is -0.352 e. The van der Waals surface area contributed by atoms with Crippen LogP contribution in [0.2, 0.25) is 0 Å². The molecule has 19 heavy (non-hydrogen) atoms. The first-order chi connectivity index (χ1) is 9.19. The highest BCUT2D eigenvalue weighted by molar-refractivity contribution is 5.94. The first kappa shape index (κ1) is 13.5. The number of carbonyl (C=O) groups is 1. The standard InChI is InChI=1S/C14H18N4O/c1-18-4-2-11(3-5-18)9-17-14(19)13-6-12(7-15)8-16-10-13/h6,8,10-11H,2-5,9H2,1H3,(H,17,19). The molecular weight excluding hydrogens is 240 g/mol. The highest BCUT2D eigenvalue weighted by Gasteiger charge is 2.17. The first-order valence-electron chi connectivity index (χ1n) is 6.51. The summed E-state index contributed by atoms with van der Waals surface area (Å²) in [5.41, 5.74) is 0.860. The number of pyridine rings is 1. The zero-order valence-corrected chi connectivity index (χ0v) is 11.1. The number of hydrogen-bond acceptors (Lipinski definition) is 4. The molecular formula is C14H18N4O. The summed E-state index contributed by atoms with van der Waals surface area (Å²) in [7, 11) is 2.12. The molecule has 0 atom stereocenters. The van der Waals surface area contributed by atoms with Gasteiger partial charge in [-0.3, -0.25) is 9.78 Å². The Kier molecular flexibility index (Phi) is 4.48. The lowest BCUT2D eigenvalue weighted by Crippen LogP contribution is -2.36. The average molecular weight is 258 g/mol. The molecule has 1 aliphatic heterocycles.